The van der Waals surface area contributed by atoms with Crippen molar-refractivity contribution < 1.29 is 24.5 Å². The number of phenols is 1. The van der Waals surface area contributed by atoms with Crippen LogP contribution < -0.4 is 4.74 Å². The Morgan fingerprint density at radius 1 is 1.10 bits per heavy atom. The van der Waals surface area contributed by atoms with Gasteiger partial charge >= 0.3 is 5.97 Å². The number of benzene rings is 2. The summed E-state index contributed by atoms with van der Waals surface area (Å²) >= 11 is 0. The van der Waals surface area contributed by atoms with Crippen LogP contribution in [-0.4, -0.2) is 22.0 Å². The second-order valence-electron chi connectivity index (χ2n) is 4.53. The van der Waals surface area contributed by atoms with Gasteiger partial charge in [0, 0.05) is 6.07 Å². The number of ether oxygens (including phenoxy) is 1. The second-order valence-corrected chi connectivity index (χ2v) is 4.53. The number of aromatic hydroxyl groups is 1. The predicted octanol–water partition coefficient (Wildman–Crippen LogP) is 2.87. The standard InChI is InChI=1S/C16H14O5/c1-10(17)14-7-6-13(8-15(14)18)21-9-11-2-4-12(5-3-11)16(19)20/h2-8,18H,9H2,1H3,(H,19,20). The number of carboxylic acid groups (broad SMARTS) is 1. The molecule has 0 aliphatic carbocycles. The van der Waals surface area contributed by atoms with E-state index in [-0.39, 0.29) is 29.3 Å². The fourth-order valence-corrected chi connectivity index (χ4v) is 1.81. The predicted molar refractivity (Wildman–Crippen MR) is 75.8 cm³/mol. The van der Waals surface area contributed by atoms with Crippen LogP contribution in [0.1, 0.15) is 33.2 Å². The van der Waals surface area contributed by atoms with Crippen molar-refractivity contribution in [2.75, 3.05) is 0 Å². The highest BCUT2D eigenvalue weighted by Gasteiger charge is 2.08. The third-order valence-corrected chi connectivity index (χ3v) is 2.95. The number of rotatable bonds is 5. The maximum atomic E-state index is 11.2. The number of hydrogen-bond acceptors (Lipinski definition) is 4. The fourth-order valence-electron chi connectivity index (χ4n) is 1.81. The van der Waals surface area contributed by atoms with Gasteiger partial charge in [-0.3, -0.25) is 4.79 Å². The minimum absolute atomic E-state index is 0.124. The smallest absolute Gasteiger partial charge is 0.335 e. The number of carbonyl (C=O) groups excluding carboxylic acids is 1. The molecule has 108 valence electrons. The lowest BCUT2D eigenvalue weighted by Gasteiger charge is -2.08. The van der Waals surface area contributed by atoms with Crippen molar-refractivity contribution in [1.29, 1.82) is 0 Å². The molecule has 21 heavy (non-hydrogen) atoms. The second kappa shape index (κ2) is 6.09. The first-order valence-electron chi connectivity index (χ1n) is 6.26. The van der Waals surface area contributed by atoms with E-state index in [0.717, 1.165) is 5.56 Å². The number of phenolic OH excluding ortho intramolecular Hbond substituents is 1. The summed E-state index contributed by atoms with van der Waals surface area (Å²) in [6, 6.07) is 10.8. The van der Waals surface area contributed by atoms with E-state index in [9.17, 15) is 14.7 Å². The van der Waals surface area contributed by atoms with Gasteiger partial charge < -0.3 is 14.9 Å². The van der Waals surface area contributed by atoms with Crippen LogP contribution >= 0.6 is 0 Å². The lowest BCUT2D eigenvalue weighted by atomic mass is 10.1. The first-order chi connectivity index (χ1) is 9.97. The van der Waals surface area contributed by atoms with Crippen molar-refractivity contribution in [2.24, 2.45) is 0 Å². The van der Waals surface area contributed by atoms with Gasteiger partial charge in [-0.1, -0.05) is 12.1 Å². The lowest BCUT2D eigenvalue weighted by Crippen LogP contribution is -1.99. The van der Waals surface area contributed by atoms with Crippen LogP contribution in [0.3, 0.4) is 0 Å². The molecule has 0 bridgehead atoms. The van der Waals surface area contributed by atoms with Crippen molar-refractivity contribution in [3.8, 4) is 11.5 Å². The van der Waals surface area contributed by atoms with Crippen LogP contribution in [0, 0.1) is 0 Å². The van der Waals surface area contributed by atoms with Gasteiger partial charge in [-0.25, -0.2) is 4.79 Å². The zero-order valence-corrected chi connectivity index (χ0v) is 11.4. The number of hydrogen-bond donors (Lipinski definition) is 2. The number of aromatic carboxylic acids is 1. The van der Waals surface area contributed by atoms with Crippen molar-refractivity contribution >= 4 is 11.8 Å². The van der Waals surface area contributed by atoms with Gasteiger partial charge in [0.15, 0.2) is 5.78 Å². The molecule has 5 nitrogen and oxygen atoms in total. The van der Waals surface area contributed by atoms with Crippen LogP contribution in [0.5, 0.6) is 11.5 Å². The quantitative estimate of drug-likeness (QED) is 0.826. The van der Waals surface area contributed by atoms with E-state index < -0.39 is 5.97 Å². The Labute approximate surface area is 121 Å². The molecule has 0 radical (unpaired) electrons. The summed E-state index contributed by atoms with van der Waals surface area (Å²) in [4.78, 5) is 21.9. The Morgan fingerprint density at radius 3 is 2.29 bits per heavy atom. The molecule has 0 heterocycles. The Kier molecular flexibility index (Phi) is 4.23. The highest BCUT2D eigenvalue weighted by Crippen LogP contribution is 2.24. The van der Waals surface area contributed by atoms with Crippen LogP contribution in [0.15, 0.2) is 42.5 Å². The maximum absolute atomic E-state index is 11.2. The van der Waals surface area contributed by atoms with E-state index >= 15 is 0 Å². The van der Waals surface area contributed by atoms with Gasteiger partial charge in [-0.15, -0.1) is 0 Å². The Balaban J connectivity index is 2.04. The van der Waals surface area contributed by atoms with E-state index in [1.807, 2.05) is 0 Å². The molecule has 0 aliphatic rings. The monoisotopic (exact) mass is 286 g/mol. The normalized spacial score (nSPS) is 10.1. The van der Waals surface area contributed by atoms with Crippen molar-refractivity contribution in [3.63, 3.8) is 0 Å². The largest absolute Gasteiger partial charge is 0.507 e. The zero-order chi connectivity index (χ0) is 15.4. The van der Waals surface area contributed by atoms with E-state index in [1.165, 1.54) is 31.2 Å². The molecular weight excluding hydrogens is 272 g/mol. The number of carboxylic acids is 1. The SMILES string of the molecule is CC(=O)c1ccc(OCc2ccc(C(=O)O)cc2)cc1O. The number of carbonyl (C=O) groups is 2. The van der Waals surface area contributed by atoms with E-state index in [1.54, 1.807) is 18.2 Å². The van der Waals surface area contributed by atoms with E-state index in [4.69, 9.17) is 9.84 Å². The van der Waals surface area contributed by atoms with Crippen LogP contribution in [0.2, 0.25) is 0 Å². The summed E-state index contributed by atoms with van der Waals surface area (Å²) in [6.07, 6.45) is 0. The summed E-state index contributed by atoms with van der Waals surface area (Å²) in [5, 5.41) is 18.5. The molecule has 2 aromatic carbocycles. The molecule has 0 atom stereocenters. The molecule has 0 saturated carbocycles. The van der Waals surface area contributed by atoms with Gasteiger partial charge in [0.2, 0.25) is 0 Å². The van der Waals surface area contributed by atoms with E-state index in [0.29, 0.717) is 5.75 Å². The molecule has 0 fully saturated rings. The summed E-state index contributed by atoms with van der Waals surface area (Å²) in [7, 11) is 0. The average Bonchev–Trinajstić information content (AvgIpc) is 2.45. The number of Topliss-reactive ketones (excluding diaryl/α,β-unsaturated/α-hetero) is 1. The van der Waals surface area contributed by atoms with Crippen LogP contribution in [0.4, 0.5) is 0 Å². The van der Waals surface area contributed by atoms with Crippen molar-refractivity contribution in [2.45, 2.75) is 13.5 Å². The molecule has 0 amide bonds. The minimum atomic E-state index is -0.979. The molecule has 0 saturated heterocycles. The minimum Gasteiger partial charge on any atom is -0.507 e. The highest BCUT2D eigenvalue weighted by atomic mass is 16.5. The molecule has 0 unspecified atom stereocenters. The fraction of sp³-hybridized carbons (Fsp3) is 0.125. The third-order valence-electron chi connectivity index (χ3n) is 2.95. The highest BCUT2D eigenvalue weighted by molar-refractivity contribution is 5.96. The van der Waals surface area contributed by atoms with Gasteiger partial charge in [-0.2, -0.15) is 0 Å². The first kappa shape index (κ1) is 14.6. The van der Waals surface area contributed by atoms with Crippen LogP contribution in [0.25, 0.3) is 0 Å². The first-order valence-corrected chi connectivity index (χ1v) is 6.26. The van der Waals surface area contributed by atoms with Crippen molar-refractivity contribution in [3.05, 3.63) is 59.2 Å². The molecule has 2 rings (SSSR count). The van der Waals surface area contributed by atoms with Crippen molar-refractivity contribution in [1.82, 2.24) is 0 Å². The Morgan fingerprint density at radius 2 is 1.76 bits per heavy atom. The molecular formula is C16H14O5. The van der Waals surface area contributed by atoms with Gasteiger partial charge in [-0.05, 0) is 36.8 Å². The van der Waals surface area contributed by atoms with E-state index in [2.05, 4.69) is 0 Å². The maximum Gasteiger partial charge on any atom is 0.335 e. The van der Waals surface area contributed by atoms with Gasteiger partial charge in [0.05, 0.1) is 11.1 Å². The molecule has 0 spiro atoms. The Bertz CT molecular complexity index is 674. The molecule has 2 aromatic rings. The van der Waals surface area contributed by atoms with Gasteiger partial charge in [0.25, 0.3) is 0 Å². The number of ketones is 1. The lowest BCUT2D eigenvalue weighted by molar-refractivity contribution is 0.0696. The summed E-state index contributed by atoms with van der Waals surface area (Å²) < 4.78 is 5.49. The molecule has 2 N–H and O–H groups in total. The van der Waals surface area contributed by atoms with Gasteiger partial charge in [0.1, 0.15) is 18.1 Å². The summed E-state index contributed by atoms with van der Waals surface area (Å²) in [5.74, 6) is -0.892. The topological polar surface area (TPSA) is 83.8 Å². The molecule has 5 heteroatoms. The molecule has 0 aliphatic heterocycles. The Hall–Kier alpha value is -2.82. The zero-order valence-electron chi connectivity index (χ0n) is 11.4. The van der Waals surface area contributed by atoms with Crippen LogP contribution in [-0.2, 0) is 6.61 Å². The average molecular weight is 286 g/mol. The third kappa shape index (κ3) is 3.60. The summed E-state index contributed by atoms with van der Waals surface area (Å²) in [6.45, 7) is 1.61. The summed E-state index contributed by atoms with van der Waals surface area (Å²) in [5.41, 5.74) is 1.26. The molecule has 0 aromatic heterocycles.